The highest BCUT2D eigenvalue weighted by Crippen LogP contribution is 2.37. The number of nitrogens with zero attached hydrogens (tertiary/aromatic N) is 2. The van der Waals surface area contributed by atoms with Gasteiger partial charge < -0.3 is 10.6 Å². The molecule has 5 nitrogen and oxygen atoms in total. The third-order valence-electron chi connectivity index (χ3n) is 5.07. The maximum absolute atomic E-state index is 12.1. The van der Waals surface area contributed by atoms with E-state index in [1.54, 1.807) is 0 Å². The molecule has 1 spiro atoms. The van der Waals surface area contributed by atoms with Crippen molar-refractivity contribution in [1.82, 2.24) is 4.90 Å². The smallest absolute Gasteiger partial charge is 0.192 e. The van der Waals surface area contributed by atoms with Gasteiger partial charge in [-0.1, -0.05) is 25.7 Å². The van der Waals surface area contributed by atoms with Gasteiger partial charge >= 0.3 is 0 Å². The zero-order valence-corrected chi connectivity index (χ0v) is 12.9. The molecule has 20 heavy (non-hydrogen) atoms. The first-order valence-electron chi connectivity index (χ1n) is 7.82. The van der Waals surface area contributed by atoms with Crippen molar-refractivity contribution in [3.63, 3.8) is 0 Å². The Kier molecular flexibility index (Phi) is 3.69. The summed E-state index contributed by atoms with van der Waals surface area (Å²) < 4.78 is 24.2. The van der Waals surface area contributed by atoms with Gasteiger partial charge in [0.15, 0.2) is 15.8 Å². The third-order valence-corrected chi connectivity index (χ3v) is 6.96. The topological polar surface area (TPSA) is 75.8 Å². The minimum Gasteiger partial charge on any atom is -0.370 e. The van der Waals surface area contributed by atoms with E-state index in [0.717, 1.165) is 25.7 Å². The van der Waals surface area contributed by atoms with Crippen LogP contribution >= 0.6 is 0 Å². The lowest BCUT2D eigenvalue weighted by Crippen LogP contribution is -2.61. The molecule has 0 amide bonds. The first kappa shape index (κ1) is 14.2. The molecule has 1 unspecified atom stereocenters. The van der Waals surface area contributed by atoms with E-state index < -0.39 is 9.84 Å². The molecule has 2 aliphatic heterocycles. The van der Waals surface area contributed by atoms with E-state index in [9.17, 15) is 8.42 Å². The molecule has 0 aromatic carbocycles. The van der Waals surface area contributed by atoms with Gasteiger partial charge in [0.05, 0.1) is 23.6 Å². The van der Waals surface area contributed by atoms with Crippen molar-refractivity contribution < 1.29 is 8.42 Å². The molecule has 2 heterocycles. The van der Waals surface area contributed by atoms with Gasteiger partial charge in [0.2, 0.25) is 0 Å². The van der Waals surface area contributed by atoms with E-state index in [-0.39, 0.29) is 11.3 Å². The monoisotopic (exact) mass is 299 g/mol. The van der Waals surface area contributed by atoms with Crippen molar-refractivity contribution in [3.05, 3.63) is 0 Å². The maximum Gasteiger partial charge on any atom is 0.192 e. The second-order valence-corrected chi connectivity index (χ2v) is 8.79. The number of rotatable bonds is 1. The van der Waals surface area contributed by atoms with Gasteiger partial charge in [-0.15, -0.1) is 0 Å². The molecular weight excluding hydrogens is 274 g/mol. The van der Waals surface area contributed by atoms with Crippen LogP contribution in [0.5, 0.6) is 0 Å². The molecule has 3 rings (SSSR count). The van der Waals surface area contributed by atoms with Gasteiger partial charge in [0, 0.05) is 6.04 Å². The van der Waals surface area contributed by atoms with Crippen LogP contribution in [0.3, 0.4) is 0 Å². The van der Waals surface area contributed by atoms with Gasteiger partial charge in [-0.25, -0.2) is 8.42 Å². The minimum absolute atomic E-state index is 0.237. The standard InChI is InChI=1S/C14H25N3O2S/c15-13-16-10-14(8-5-9-20(18,19)11-14)17(13)12-6-3-1-2-4-7-12/h12H,1-11H2,(H2,15,16). The van der Waals surface area contributed by atoms with Crippen LogP contribution < -0.4 is 5.73 Å². The Morgan fingerprint density at radius 1 is 1.15 bits per heavy atom. The van der Waals surface area contributed by atoms with Crippen LogP contribution in [-0.2, 0) is 9.84 Å². The molecular formula is C14H25N3O2S. The molecule has 2 fully saturated rings. The van der Waals surface area contributed by atoms with Crippen LogP contribution in [0.4, 0.5) is 0 Å². The molecule has 1 saturated heterocycles. The number of nitrogens with two attached hydrogens (primary N) is 1. The zero-order valence-electron chi connectivity index (χ0n) is 12.1. The van der Waals surface area contributed by atoms with E-state index in [4.69, 9.17) is 5.73 Å². The average molecular weight is 299 g/mol. The summed E-state index contributed by atoms with van der Waals surface area (Å²) in [6, 6.07) is 0.386. The van der Waals surface area contributed by atoms with Gasteiger partial charge in [-0.05, 0) is 25.7 Å². The highest BCUT2D eigenvalue weighted by atomic mass is 32.2. The summed E-state index contributed by atoms with van der Waals surface area (Å²) in [7, 11) is -2.95. The lowest BCUT2D eigenvalue weighted by atomic mass is 9.91. The van der Waals surface area contributed by atoms with Gasteiger partial charge in [0.1, 0.15) is 0 Å². The first-order valence-corrected chi connectivity index (χ1v) is 9.64. The Balaban J connectivity index is 1.87. The molecule has 1 aliphatic carbocycles. The van der Waals surface area contributed by atoms with Gasteiger partial charge in [0.25, 0.3) is 0 Å². The van der Waals surface area contributed by atoms with Crippen molar-refractivity contribution in [3.8, 4) is 0 Å². The second-order valence-electron chi connectivity index (χ2n) is 6.61. The third kappa shape index (κ3) is 2.54. The van der Waals surface area contributed by atoms with E-state index in [1.165, 1.54) is 25.7 Å². The summed E-state index contributed by atoms with van der Waals surface area (Å²) in [4.78, 5) is 6.63. The predicted molar refractivity (Wildman–Crippen MR) is 80.4 cm³/mol. The minimum atomic E-state index is -2.95. The Labute approximate surface area is 121 Å². The normalized spacial score (nSPS) is 35.0. The maximum atomic E-state index is 12.1. The Bertz CT molecular complexity index is 495. The zero-order chi connectivity index (χ0) is 14.2. The van der Waals surface area contributed by atoms with E-state index in [1.807, 2.05) is 0 Å². The van der Waals surface area contributed by atoms with Crippen LogP contribution in [0.25, 0.3) is 0 Å². The molecule has 1 atom stereocenters. The van der Waals surface area contributed by atoms with Crippen LogP contribution in [0.15, 0.2) is 4.99 Å². The molecule has 2 N–H and O–H groups in total. The molecule has 0 aromatic heterocycles. The van der Waals surface area contributed by atoms with Crippen molar-refractivity contribution in [1.29, 1.82) is 0 Å². The lowest BCUT2D eigenvalue weighted by Gasteiger charge is -2.45. The number of aliphatic imine (C=N–C) groups is 1. The number of hydrogen-bond acceptors (Lipinski definition) is 5. The summed E-state index contributed by atoms with van der Waals surface area (Å²) in [5, 5.41) is 0. The molecule has 6 heteroatoms. The van der Waals surface area contributed by atoms with E-state index in [0.29, 0.717) is 24.3 Å². The SMILES string of the molecule is NC1=NCC2(CCCS(=O)(=O)C2)N1C1CCCCCC1. The molecule has 3 aliphatic rings. The Hall–Kier alpha value is -0.780. The van der Waals surface area contributed by atoms with Crippen LogP contribution in [0.1, 0.15) is 51.4 Å². The quantitative estimate of drug-likeness (QED) is 0.740. The summed E-state index contributed by atoms with van der Waals surface area (Å²) in [5.41, 5.74) is 5.80. The fourth-order valence-corrected chi connectivity index (χ4v) is 6.13. The summed E-state index contributed by atoms with van der Waals surface area (Å²) in [6.07, 6.45) is 8.91. The molecule has 0 radical (unpaired) electrons. The van der Waals surface area contributed by atoms with Gasteiger partial charge in [-0.2, -0.15) is 0 Å². The molecule has 0 aromatic rings. The fraction of sp³-hybridized carbons (Fsp3) is 0.929. The van der Waals surface area contributed by atoms with Crippen molar-refractivity contribution in [2.24, 2.45) is 10.7 Å². The largest absolute Gasteiger partial charge is 0.370 e. The Morgan fingerprint density at radius 2 is 1.85 bits per heavy atom. The van der Waals surface area contributed by atoms with Crippen LogP contribution in [0.2, 0.25) is 0 Å². The molecule has 1 saturated carbocycles. The van der Waals surface area contributed by atoms with Crippen LogP contribution in [0, 0.1) is 0 Å². The van der Waals surface area contributed by atoms with Crippen molar-refractivity contribution in [2.45, 2.75) is 62.9 Å². The van der Waals surface area contributed by atoms with E-state index >= 15 is 0 Å². The van der Waals surface area contributed by atoms with Crippen LogP contribution in [-0.4, -0.2) is 48.9 Å². The molecule has 114 valence electrons. The average Bonchev–Trinajstić information content (AvgIpc) is 2.57. The molecule has 0 bridgehead atoms. The van der Waals surface area contributed by atoms with Gasteiger partial charge in [-0.3, -0.25) is 4.99 Å². The summed E-state index contributed by atoms with van der Waals surface area (Å²) in [5.74, 6) is 1.14. The van der Waals surface area contributed by atoms with E-state index in [2.05, 4.69) is 9.89 Å². The number of guanidine groups is 1. The Morgan fingerprint density at radius 3 is 2.50 bits per heavy atom. The van der Waals surface area contributed by atoms with Crippen molar-refractivity contribution in [2.75, 3.05) is 18.1 Å². The highest BCUT2D eigenvalue weighted by molar-refractivity contribution is 7.91. The predicted octanol–water partition coefficient (Wildman–Crippen LogP) is 1.29. The van der Waals surface area contributed by atoms with Crippen molar-refractivity contribution >= 4 is 15.8 Å². The fourth-order valence-electron chi connectivity index (χ4n) is 4.20. The second kappa shape index (κ2) is 5.20. The lowest BCUT2D eigenvalue weighted by molar-refractivity contribution is 0.140. The summed E-state index contributed by atoms with van der Waals surface area (Å²) in [6.45, 7) is 0.564. The highest BCUT2D eigenvalue weighted by Gasteiger charge is 2.49. The first-order chi connectivity index (χ1) is 9.53. The summed E-state index contributed by atoms with van der Waals surface area (Å²) >= 11 is 0. The number of hydrogen-bond donors (Lipinski definition) is 1. The number of sulfone groups is 1.